The standard InChI is InChI=1S/C19H14F6N4/c1-10(26)15(9-29-16-3-5-28-17-14(16)2-4-27-17)11-6-12(18(20,21)22)8-13(7-11)19(23,24)25/h2-9,26H,1H3,(H2,27,28,29)/b15-9+,26-10?. The van der Waals surface area contributed by atoms with Crippen LogP contribution in [0.25, 0.3) is 16.6 Å². The van der Waals surface area contributed by atoms with Gasteiger partial charge in [0.25, 0.3) is 0 Å². The number of H-pyrrole nitrogens is 1. The maximum Gasteiger partial charge on any atom is 0.416 e. The molecule has 3 rings (SSSR count). The second kappa shape index (κ2) is 7.26. The summed E-state index contributed by atoms with van der Waals surface area (Å²) in [7, 11) is 0. The summed E-state index contributed by atoms with van der Waals surface area (Å²) in [5.74, 6) is 0. The predicted octanol–water partition coefficient (Wildman–Crippen LogP) is 6.09. The molecular weight excluding hydrogens is 398 g/mol. The van der Waals surface area contributed by atoms with E-state index in [1.165, 1.54) is 19.3 Å². The van der Waals surface area contributed by atoms with Gasteiger partial charge >= 0.3 is 12.4 Å². The van der Waals surface area contributed by atoms with Crippen molar-refractivity contribution >= 4 is 28.0 Å². The topological polar surface area (TPSA) is 64.6 Å². The molecule has 0 bridgehead atoms. The molecule has 0 aliphatic rings. The van der Waals surface area contributed by atoms with Gasteiger partial charge in [-0.3, -0.25) is 0 Å². The Balaban J connectivity index is 2.10. The van der Waals surface area contributed by atoms with Crippen LogP contribution in [0.1, 0.15) is 23.6 Å². The number of nitrogens with zero attached hydrogens (tertiary/aromatic N) is 1. The van der Waals surface area contributed by atoms with Crippen LogP contribution in [-0.2, 0) is 12.4 Å². The zero-order valence-electron chi connectivity index (χ0n) is 14.8. The number of alkyl halides is 6. The summed E-state index contributed by atoms with van der Waals surface area (Å²) in [4.78, 5) is 6.98. The van der Waals surface area contributed by atoms with Gasteiger partial charge < -0.3 is 15.7 Å². The first kappa shape index (κ1) is 20.4. The van der Waals surface area contributed by atoms with Crippen LogP contribution >= 0.6 is 0 Å². The predicted molar refractivity (Wildman–Crippen MR) is 97.5 cm³/mol. The van der Waals surface area contributed by atoms with E-state index in [1.54, 1.807) is 18.3 Å². The van der Waals surface area contributed by atoms with Crippen molar-refractivity contribution in [1.29, 1.82) is 5.41 Å². The number of anilines is 1. The minimum Gasteiger partial charge on any atom is -0.360 e. The van der Waals surface area contributed by atoms with Gasteiger partial charge in [0.05, 0.1) is 16.8 Å². The van der Waals surface area contributed by atoms with Crippen molar-refractivity contribution in [1.82, 2.24) is 9.97 Å². The number of allylic oxidation sites excluding steroid dienone is 1. The number of aromatic nitrogens is 2. The van der Waals surface area contributed by atoms with E-state index < -0.39 is 23.5 Å². The fourth-order valence-corrected chi connectivity index (χ4v) is 2.76. The highest BCUT2D eigenvalue weighted by atomic mass is 19.4. The number of rotatable bonds is 4. The van der Waals surface area contributed by atoms with Crippen molar-refractivity contribution in [3.63, 3.8) is 0 Å². The maximum absolute atomic E-state index is 13.1. The first-order valence-electron chi connectivity index (χ1n) is 8.21. The van der Waals surface area contributed by atoms with Crippen molar-refractivity contribution in [3.05, 3.63) is 65.6 Å². The Bertz CT molecular complexity index is 1060. The Kier molecular flexibility index (Phi) is 5.12. The molecule has 2 aromatic heterocycles. The molecule has 0 atom stereocenters. The Hall–Kier alpha value is -3.30. The number of halogens is 6. The lowest BCUT2D eigenvalue weighted by Gasteiger charge is -2.16. The molecule has 0 amide bonds. The number of fused-ring (bicyclic) bond motifs is 1. The van der Waals surface area contributed by atoms with Crippen molar-refractivity contribution in [3.8, 4) is 0 Å². The van der Waals surface area contributed by atoms with Crippen molar-refractivity contribution in [2.45, 2.75) is 19.3 Å². The first-order chi connectivity index (χ1) is 13.5. The lowest BCUT2D eigenvalue weighted by Crippen LogP contribution is -2.12. The summed E-state index contributed by atoms with van der Waals surface area (Å²) in [6, 6.07) is 4.55. The molecule has 0 spiro atoms. The molecule has 0 fully saturated rings. The van der Waals surface area contributed by atoms with Crippen LogP contribution in [-0.4, -0.2) is 15.7 Å². The SMILES string of the molecule is CC(=N)/C(=C\Nc1ccnc2[nH]ccc12)c1cc(C(F)(F)F)cc(C(F)(F)F)c1. The van der Waals surface area contributed by atoms with E-state index in [1.807, 2.05) is 0 Å². The Morgan fingerprint density at radius 3 is 2.21 bits per heavy atom. The third-order valence-electron chi connectivity index (χ3n) is 4.13. The van der Waals surface area contributed by atoms with Crippen LogP contribution in [0.15, 0.2) is 48.9 Å². The summed E-state index contributed by atoms with van der Waals surface area (Å²) < 4.78 is 78.7. The van der Waals surface area contributed by atoms with Crippen LogP contribution in [0.5, 0.6) is 0 Å². The van der Waals surface area contributed by atoms with Crippen LogP contribution in [0, 0.1) is 5.41 Å². The summed E-state index contributed by atoms with van der Waals surface area (Å²) in [6.45, 7) is 1.28. The molecule has 0 radical (unpaired) electrons. The normalized spacial score (nSPS) is 13.0. The monoisotopic (exact) mass is 412 g/mol. The van der Waals surface area contributed by atoms with Gasteiger partial charge in [0.15, 0.2) is 0 Å². The fraction of sp³-hybridized carbons (Fsp3) is 0.158. The van der Waals surface area contributed by atoms with Gasteiger partial charge in [-0.15, -0.1) is 0 Å². The molecule has 0 saturated heterocycles. The third-order valence-corrected chi connectivity index (χ3v) is 4.13. The average molecular weight is 412 g/mol. The van der Waals surface area contributed by atoms with Gasteiger partial charge in [-0.1, -0.05) is 0 Å². The first-order valence-corrected chi connectivity index (χ1v) is 8.21. The summed E-state index contributed by atoms with van der Waals surface area (Å²) >= 11 is 0. The molecule has 152 valence electrons. The number of pyridine rings is 1. The van der Waals surface area contributed by atoms with E-state index in [9.17, 15) is 26.3 Å². The highest BCUT2D eigenvalue weighted by Crippen LogP contribution is 2.37. The minimum absolute atomic E-state index is 0.0556. The van der Waals surface area contributed by atoms with E-state index in [0.29, 0.717) is 28.9 Å². The Morgan fingerprint density at radius 2 is 1.66 bits per heavy atom. The smallest absolute Gasteiger partial charge is 0.360 e. The number of benzene rings is 1. The largest absolute Gasteiger partial charge is 0.416 e. The molecule has 3 aromatic rings. The molecule has 0 aliphatic heterocycles. The van der Waals surface area contributed by atoms with Gasteiger partial charge in [0.1, 0.15) is 5.65 Å². The van der Waals surface area contributed by atoms with E-state index in [2.05, 4.69) is 15.3 Å². The van der Waals surface area contributed by atoms with E-state index in [0.717, 1.165) is 0 Å². The van der Waals surface area contributed by atoms with Gasteiger partial charge in [-0.2, -0.15) is 26.3 Å². The molecule has 2 heterocycles. The molecule has 0 aliphatic carbocycles. The summed E-state index contributed by atoms with van der Waals surface area (Å²) in [5, 5.41) is 11.4. The maximum atomic E-state index is 13.1. The Labute approximate surface area is 160 Å². The molecule has 0 unspecified atom stereocenters. The molecule has 10 heteroatoms. The molecule has 3 N–H and O–H groups in total. The van der Waals surface area contributed by atoms with E-state index in [4.69, 9.17) is 5.41 Å². The second-order valence-corrected chi connectivity index (χ2v) is 6.22. The molecule has 1 aromatic carbocycles. The van der Waals surface area contributed by atoms with Gasteiger partial charge in [-0.25, -0.2) is 4.98 Å². The zero-order valence-corrected chi connectivity index (χ0v) is 14.8. The number of aromatic amines is 1. The van der Waals surface area contributed by atoms with Gasteiger partial charge in [0, 0.05) is 35.3 Å². The summed E-state index contributed by atoms with van der Waals surface area (Å²) in [5.41, 5.74) is -2.48. The number of hydrogen-bond donors (Lipinski definition) is 3. The molecular formula is C19H14F6N4. The van der Waals surface area contributed by atoms with Crippen LogP contribution in [0.2, 0.25) is 0 Å². The number of nitrogens with one attached hydrogen (secondary N) is 3. The van der Waals surface area contributed by atoms with Crippen LogP contribution in [0.3, 0.4) is 0 Å². The molecule has 4 nitrogen and oxygen atoms in total. The van der Waals surface area contributed by atoms with Crippen molar-refractivity contribution < 1.29 is 26.3 Å². The highest BCUT2D eigenvalue weighted by molar-refractivity contribution is 6.21. The molecule has 29 heavy (non-hydrogen) atoms. The van der Waals surface area contributed by atoms with Gasteiger partial charge in [-0.05, 0) is 42.8 Å². The quantitative estimate of drug-likeness (QED) is 0.359. The highest BCUT2D eigenvalue weighted by Gasteiger charge is 2.37. The fourth-order valence-electron chi connectivity index (χ4n) is 2.76. The average Bonchev–Trinajstić information content (AvgIpc) is 3.09. The van der Waals surface area contributed by atoms with Crippen molar-refractivity contribution in [2.24, 2.45) is 0 Å². The lowest BCUT2D eigenvalue weighted by atomic mass is 9.97. The zero-order chi connectivity index (χ0) is 21.4. The molecule has 0 saturated carbocycles. The van der Waals surface area contributed by atoms with Gasteiger partial charge in [0.2, 0.25) is 0 Å². The Morgan fingerprint density at radius 1 is 1.03 bits per heavy atom. The minimum atomic E-state index is -4.97. The number of hydrogen-bond acceptors (Lipinski definition) is 3. The summed E-state index contributed by atoms with van der Waals surface area (Å²) in [6.07, 6.45) is -5.60. The van der Waals surface area contributed by atoms with Crippen LogP contribution < -0.4 is 5.32 Å². The van der Waals surface area contributed by atoms with E-state index in [-0.39, 0.29) is 22.9 Å². The van der Waals surface area contributed by atoms with Crippen molar-refractivity contribution in [2.75, 3.05) is 5.32 Å². The van der Waals surface area contributed by atoms with E-state index >= 15 is 0 Å². The van der Waals surface area contributed by atoms with Crippen LogP contribution in [0.4, 0.5) is 32.0 Å². The third kappa shape index (κ3) is 4.41. The second-order valence-electron chi connectivity index (χ2n) is 6.22. The lowest BCUT2D eigenvalue weighted by molar-refractivity contribution is -0.143.